The first-order valence-electron chi connectivity index (χ1n) is 8.41. The molecule has 0 aliphatic heterocycles. The predicted molar refractivity (Wildman–Crippen MR) is 101 cm³/mol. The van der Waals surface area contributed by atoms with Crippen LogP contribution in [0.3, 0.4) is 0 Å². The van der Waals surface area contributed by atoms with E-state index in [2.05, 4.69) is 29.0 Å². The molecule has 5 heteroatoms. The first-order valence-corrected chi connectivity index (χ1v) is 8.41. The van der Waals surface area contributed by atoms with E-state index in [4.69, 9.17) is 18.9 Å². The van der Waals surface area contributed by atoms with E-state index in [0.717, 1.165) is 17.0 Å². The summed E-state index contributed by atoms with van der Waals surface area (Å²) in [6.45, 7) is 2.60. The van der Waals surface area contributed by atoms with Gasteiger partial charge in [-0.1, -0.05) is 18.2 Å². The van der Waals surface area contributed by atoms with Gasteiger partial charge in [-0.3, -0.25) is 0 Å². The Morgan fingerprint density at radius 2 is 1.73 bits per heavy atom. The maximum absolute atomic E-state index is 5.92. The molecular weight excluding hydrogens is 328 g/mol. The highest BCUT2D eigenvalue weighted by atomic mass is 16.5. The summed E-state index contributed by atoms with van der Waals surface area (Å²) in [5.41, 5.74) is 2.91. The van der Waals surface area contributed by atoms with Crippen LogP contribution in [-0.2, 0) is 6.54 Å². The summed E-state index contributed by atoms with van der Waals surface area (Å²) in [5.74, 6) is 2.77. The smallest absolute Gasteiger partial charge is 0.226 e. The van der Waals surface area contributed by atoms with Crippen molar-refractivity contribution in [1.82, 2.24) is 9.55 Å². The zero-order chi connectivity index (χ0) is 18.1. The molecule has 0 amide bonds. The average molecular weight is 348 g/mol. The lowest BCUT2D eigenvalue weighted by atomic mass is 10.2. The molecule has 0 spiro atoms. The SMILES string of the molecule is COc1cc(OC)cc(-c2nc(Cn3ccc4ccccc43)c(C)o2)c1. The maximum atomic E-state index is 5.92. The van der Waals surface area contributed by atoms with Crippen LogP contribution in [0, 0.1) is 6.92 Å². The van der Waals surface area contributed by atoms with E-state index in [9.17, 15) is 0 Å². The van der Waals surface area contributed by atoms with Crippen LogP contribution < -0.4 is 9.47 Å². The number of nitrogens with zero attached hydrogens (tertiary/aromatic N) is 2. The van der Waals surface area contributed by atoms with Crippen LogP contribution in [0.2, 0.25) is 0 Å². The average Bonchev–Trinajstić information content (AvgIpc) is 3.25. The minimum atomic E-state index is 0.561. The van der Waals surface area contributed by atoms with Crippen LogP contribution in [0.1, 0.15) is 11.5 Å². The monoisotopic (exact) mass is 348 g/mol. The molecule has 4 rings (SSSR count). The summed E-state index contributed by atoms with van der Waals surface area (Å²) in [5, 5.41) is 1.21. The third-order valence-corrected chi connectivity index (χ3v) is 4.49. The van der Waals surface area contributed by atoms with Crippen molar-refractivity contribution in [2.75, 3.05) is 14.2 Å². The second kappa shape index (κ2) is 6.59. The molecule has 0 N–H and O–H groups in total. The highest BCUT2D eigenvalue weighted by Crippen LogP contribution is 2.30. The number of hydrogen-bond acceptors (Lipinski definition) is 4. The van der Waals surface area contributed by atoms with Crippen LogP contribution in [0.5, 0.6) is 11.5 Å². The fourth-order valence-corrected chi connectivity index (χ4v) is 3.07. The van der Waals surface area contributed by atoms with Crippen LogP contribution in [0.4, 0.5) is 0 Å². The van der Waals surface area contributed by atoms with Crippen molar-refractivity contribution in [2.24, 2.45) is 0 Å². The van der Waals surface area contributed by atoms with Crippen LogP contribution in [0.25, 0.3) is 22.4 Å². The van der Waals surface area contributed by atoms with Gasteiger partial charge in [-0.05, 0) is 36.6 Å². The second-order valence-electron chi connectivity index (χ2n) is 6.13. The number of benzene rings is 2. The third kappa shape index (κ3) is 2.92. The molecule has 0 fully saturated rings. The van der Waals surface area contributed by atoms with E-state index in [1.807, 2.05) is 37.3 Å². The molecule has 4 aromatic rings. The topological polar surface area (TPSA) is 49.4 Å². The van der Waals surface area contributed by atoms with Gasteiger partial charge in [0.25, 0.3) is 0 Å². The minimum absolute atomic E-state index is 0.561. The van der Waals surface area contributed by atoms with Crippen molar-refractivity contribution >= 4 is 10.9 Å². The number of fused-ring (bicyclic) bond motifs is 1. The van der Waals surface area contributed by atoms with Crippen molar-refractivity contribution in [3.05, 3.63) is 66.2 Å². The second-order valence-corrected chi connectivity index (χ2v) is 6.13. The molecule has 0 unspecified atom stereocenters. The largest absolute Gasteiger partial charge is 0.497 e. The zero-order valence-corrected chi connectivity index (χ0v) is 15.0. The summed E-state index contributed by atoms with van der Waals surface area (Å²) >= 11 is 0. The molecule has 0 aliphatic rings. The van der Waals surface area contributed by atoms with Gasteiger partial charge >= 0.3 is 0 Å². The maximum Gasteiger partial charge on any atom is 0.226 e. The molecule has 0 bridgehead atoms. The van der Waals surface area contributed by atoms with E-state index in [0.29, 0.717) is 23.9 Å². The molecule has 0 aliphatic carbocycles. The predicted octanol–water partition coefficient (Wildman–Crippen LogP) is 4.67. The van der Waals surface area contributed by atoms with Gasteiger partial charge in [-0.15, -0.1) is 0 Å². The van der Waals surface area contributed by atoms with Gasteiger partial charge in [0.15, 0.2) is 0 Å². The summed E-state index contributed by atoms with van der Waals surface area (Å²) in [6, 6.07) is 16.0. The number of aromatic nitrogens is 2. The lowest BCUT2D eigenvalue weighted by molar-refractivity contribution is 0.394. The van der Waals surface area contributed by atoms with Gasteiger partial charge in [0.1, 0.15) is 23.0 Å². The minimum Gasteiger partial charge on any atom is -0.497 e. The Morgan fingerprint density at radius 3 is 2.46 bits per heavy atom. The van der Waals surface area contributed by atoms with Crippen molar-refractivity contribution in [1.29, 1.82) is 0 Å². The van der Waals surface area contributed by atoms with Crippen LogP contribution in [0.15, 0.2) is 59.1 Å². The van der Waals surface area contributed by atoms with Crippen LogP contribution in [-0.4, -0.2) is 23.8 Å². The van der Waals surface area contributed by atoms with Crippen LogP contribution >= 0.6 is 0 Å². The quantitative estimate of drug-likeness (QED) is 0.526. The Morgan fingerprint density at radius 1 is 1.00 bits per heavy atom. The molecule has 2 aromatic carbocycles. The molecule has 2 aromatic heterocycles. The van der Waals surface area contributed by atoms with Gasteiger partial charge in [-0.25, -0.2) is 4.98 Å². The molecule has 0 saturated carbocycles. The highest BCUT2D eigenvalue weighted by molar-refractivity contribution is 5.80. The van der Waals surface area contributed by atoms with E-state index < -0.39 is 0 Å². The summed E-state index contributed by atoms with van der Waals surface area (Å²) in [7, 11) is 3.25. The van der Waals surface area contributed by atoms with E-state index in [-0.39, 0.29) is 0 Å². The van der Waals surface area contributed by atoms with E-state index in [1.54, 1.807) is 14.2 Å². The highest BCUT2D eigenvalue weighted by Gasteiger charge is 2.14. The molecular formula is C21H20N2O3. The number of oxazole rings is 1. The molecule has 0 saturated heterocycles. The lowest BCUT2D eigenvalue weighted by Crippen LogP contribution is -1.99. The number of para-hydroxylation sites is 1. The summed E-state index contributed by atoms with van der Waals surface area (Å²) in [4.78, 5) is 4.71. The molecule has 5 nitrogen and oxygen atoms in total. The Balaban J connectivity index is 1.70. The number of methoxy groups -OCH3 is 2. The van der Waals surface area contributed by atoms with Crippen molar-refractivity contribution in [3.63, 3.8) is 0 Å². The van der Waals surface area contributed by atoms with Gasteiger partial charge in [0, 0.05) is 23.3 Å². The number of rotatable bonds is 5. The number of hydrogen-bond donors (Lipinski definition) is 0. The molecule has 0 radical (unpaired) electrons. The number of ether oxygens (including phenoxy) is 2. The molecule has 0 atom stereocenters. The molecule has 132 valence electrons. The third-order valence-electron chi connectivity index (χ3n) is 4.49. The standard InChI is InChI=1S/C21H20N2O3/c1-14-19(13-23-9-8-15-6-4-5-7-20(15)23)22-21(26-14)16-10-17(24-2)12-18(11-16)25-3/h4-12H,13H2,1-3H3. The fraction of sp³-hybridized carbons (Fsp3) is 0.190. The zero-order valence-electron chi connectivity index (χ0n) is 15.0. The molecule has 26 heavy (non-hydrogen) atoms. The number of aryl methyl sites for hydroxylation is 1. The van der Waals surface area contributed by atoms with E-state index >= 15 is 0 Å². The lowest BCUT2D eigenvalue weighted by Gasteiger charge is -2.06. The van der Waals surface area contributed by atoms with Crippen molar-refractivity contribution in [3.8, 4) is 23.0 Å². The van der Waals surface area contributed by atoms with E-state index in [1.165, 1.54) is 10.9 Å². The Kier molecular flexibility index (Phi) is 4.13. The van der Waals surface area contributed by atoms with Crippen molar-refractivity contribution in [2.45, 2.75) is 13.5 Å². The Hall–Kier alpha value is -3.21. The van der Waals surface area contributed by atoms with Gasteiger partial charge in [-0.2, -0.15) is 0 Å². The first-order chi connectivity index (χ1) is 12.7. The van der Waals surface area contributed by atoms with Crippen molar-refractivity contribution < 1.29 is 13.9 Å². The van der Waals surface area contributed by atoms with Gasteiger partial charge in [0.2, 0.25) is 5.89 Å². The normalized spacial score (nSPS) is 11.0. The van der Waals surface area contributed by atoms with Gasteiger partial charge in [0.05, 0.1) is 20.8 Å². The fourth-order valence-electron chi connectivity index (χ4n) is 3.07. The summed E-state index contributed by atoms with van der Waals surface area (Å²) in [6.07, 6.45) is 2.08. The Labute approximate surface area is 151 Å². The van der Waals surface area contributed by atoms with Gasteiger partial charge < -0.3 is 18.5 Å². The summed E-state index contributed by atoms with van der Waals surface area (Å²) < 4.78 is 18.8. The Bertz CT molecular complexity index is 1040. The first kappa shape index (κ1) is 16.3. The molecule has 2 heterocycles.